The van der Waals surface area contributed by atoms with Crippen molar-refractivity contribution in [1.29, 1.82) is 0 Å². The molecule has 1 saturated heterocycles. The summed E-state index contributed by atoms with van der Waals surface area (Å²) in [5.74, 6) is 1.25. The molecule has 1 saturated carbocycles. The fourth-order valence-corrected chi connectivity index (χ4v) is 2.72. The van der Waals surface area contributed by atoms with Crippen LogP contribution in [0.3, 0.4) is 0 Å². The maximum absolute atomic E-state index is 2.55. The van der Waals surface area contributed by atoms with Crippen molar-refractivity contribution >= 4 is 11.9 Å². The van der Waals surface area contributed by atoms with Crippen LogP contribution in [0, 0.1) is 5.41 Å². The van der Waals surface area contributed by atoms with Crippen molar-refractivity contribution in [1.82, 2.24) is 4.31 Å². The lowest BCUT2D eigenvalue weighted by atomic mass is 10.1. The van der Waals surface area contributed by atoms with Gasteiger partial charge in [-0.25, -0.2) is 0 Å². The topological polar surface area (TPSA) is 3.24 Å². The van der Waals surface area contributed by atoms with Crippen molar-refractivity contribution in [2.75, 3.05) is 18.8 Å². The zero-order valence-corrected chi connectivity index (χ0v) is 7.41. The Hall–Kier alpha value is 0.310. The molecule has 0 radical (unpaired) electrons. The van der Waals surface area contributed by atoms with E-state index in [0.29, 0.717) is 0 Å². The molecule has 0 atom stereocenters. The van der Waals surface area contributed by atoms with Gasteiger partial charge in [0.05, 0.1) is 0 Å². The average molecular weight is 157 g/mol. The van der Waals surface area contributed by atoms with E-state index >= 15 is 0 Å². The van der Waals surface area contributed by atoms with Crippen LogP contribution in [0.15, 0.2) is 0 Å². The van der Waals surface area contributed by atoms with Crippen molar-refractivity contribution in [2.24, 2.45) is 5.41 Å². The van der Waals surface area contributed by atoms with Gasteiger partial charge in [-0.3, -0.25) is 4.31 Å². The first-order chi connectivity index (χ1) is 4.85. The minimum absolute atomic E-state index is 0.822. The highest BCUT2D eigenvalue weighted by molar-refractivity contribution is 7.96. The first-order valence-electron chi connectivity index (χ1n) is 4.23. The quantitative estimate of drug-likeness (QED) is 0.565. The molecular weight excluding hydrogens is 142 g/mol. The Morgan fingerprint density at radius 1 is 1.40 bits per heavy atom. The predicted molar refractivity (Wildman–Crippen MR) is 46.0 cm³/mol. The first-order valence-corrected chi connectivity index (χ1v) is 5.17. The third-order valence-electron chi connectivity index (χ3n) is 2.67. The lowest BCUT2D eigenvalue weighted by Gasteiger charge is -2.12. The Balaban J connectivity index is 1.82. The van der Waals surface area contributed by atoms with Gasteiger partial charge in [-0.05, 0) is 24.7 Å². The van der Waals surface area contributed by atoms with Crippen molar-refractivity contribution in [3.05, 3.63) is 0 Å². The van der Waals surface area contributed by atoms with Crippen LogP contribution in [0.25, 0.3) is 0 Å². The van der Waals surface area contributed by atoms with Crippen molar-refractivity contribution in [2.45, 2.75) is 26.2 Å². The van der Waals surface area contributed by atoms with Crippen LogP contribution in [0.4, 0.5) is 0 Å². The molecule has 2 fully saturated rings. The second-order valence-corrected chi connectivity index (χ2v) is 4.88. The maximum atomic E-state index is 2.55. The number of nitrogens with zero attached hydrogens (tertiary/aromatic N) is 1. The Morgan fingerprint density at radius 3 is 2.70 bits per heavy atom. The summed E-state index contributed by atoms with van der Waals surface area (Å²) < 4.78 is 2.55. The van der Waals surface area contributed by atoms with Gasteiger partial charge in [-0.1, -0.05) is 18.9 Å². The molecule has 1 aliphatic carbocycles. The van der Waals surface area contributed by atoms with Gasteiger partial charge in [0.15, 0.2) is 0 Å². The van der Waals surface area contributed by atoms with Gasteiger partial charge < -0.3 is 0 Å². The van der Waals surface area contributed by atoms with E-state index in [9.17, 15) is 0 Å². The van der Waals surface area contributed by atoms with E-state index in [-0.39, 0.29) is 0 Å². The highest BCUT2D eigenvalue weighted by atomic mass is 32.2. The third-order valence-corrected chi connectivity index (χ3v) is 3.61. The first kappa shape index (κ1) is 6.99. The summed E-state index contributed by atoms with van der Waals surface area (Å²) in [6.07, 6.45) is 4.49. The number of hydrogen-bond donors (Lipinski definition) is 0. The van der Waals surface area contributed by atoms with Gasteiger partial charge in [-0.2, -0.15) is 0 Å². The van der Waals surface area contributed by atoms with E-state index in [1.165, 1.54) is 38.1 Å². The summed E-state index contributed by atoms with van der Waals surface area (Å²) in [5, 5.41) is 0. The Labute approximate surface area is 67.3 Å². The lowest BCUT2D eigenvalue weighted by molar-refractivity contribution is 0.512. The molecule has 1 heterocycles. The van der Waals surface area contributed by atoms with E-state index in [0.717, 1.165) is 5.41 Å². The van der Waals surface area contributed by atoms with Crippen LogP contribution in [0.2, 0.25) is 0 Å². The zero-order valence-electron chi connectivity index (χ0n) is 6.60. The van der Waals surface area contributed by atoms with E-state index in [2.05, 4.69) is 11.2 Å². The summed E-state index contributed by atoms with van der Waals surface area (Å²) in [4.78, 5) is 0. The SMILES string of the molecule is CCSN1CCC2(CC2)C1. The number of hydrogen-bond acceptors (Lipinski definition) is 2. The molecule has 0 aromatic carbocycles. The Bertz CT molecular complexity index is 131. The van der Waals surface area contributed by atoms with Gasteiger partial charge in [0.25, 0.3) is 0 Å². The molecule has 10 heavy (non-hydrogen) atoms. The van der Waals surface area contributed by atoms with Crippen LogP contribution >= 0.6 is 11.9 Å². The molecule has 0 aromatic heterocycles. The second kappa shape index (κ2) is 2.42. The molecular formula is C8H15NS. The highest BCUT2D eigenvalue weighted by Crippen LogP contribution is 2.53. The summed E-state index contributed by atoms with van der Waals surface area (Å²) in [6.45, 7) is 4.96. The summed E-state index contributed by atoms with van der Waals surface area (Å²) in [5.41, 5.74) is 0.822. The molecule has 1 nitrogen and oxygen atoms in total. The lowest BCUT2D eigenvalue weighted by Crippen LogP contribution is -2.12. The third kappa shape index (κ3) is 1.19. The predicted octanol–water partition coefficient (Wildman–Crippen LogP) is 2.14. The Kier molecular flexibility index (Phi) is 1.69. The van der Waals surface area contributed by atoms with Crippen LogP contribution in [0.1, 0.15) is 26.2 Å². The molecule has 0 N–H and O–H groups in total. The molecule has 1 aliphatic heterocycles. The van der Waals surface area contributed by atoms with Crippen molar-refractivity contribution < 1.29 is 0 Å². The molecule has 2 rings (SSSR count). The molecule has 58 valence electrons. The van der Waals surface area contributed by atoms with Gasteiger partial charge in [-0.15, -0.1) is 0 Å². The summed E-state index contributed by atoms with van der Waals surface area (Å²) in [7, 11) is 0. The van der Waals surface area contributed by atoms with Crippen molar-refractivity contribution in [3.8, 4) is 0 Å². The highest BCUT2D eigenvalue weighted by Gasteiger charge is 2.47. The van der Waals surface area contributed by atoms with Gasteiger partial charge in [0, 0.05) is 18.8 Å². The van der Waals surface area contributed by atoms with E-state index < -0.39 is 0 Å². The summed E-state index contributed by atoms with van der Waals surface area (Å²) in [6, 6.07) is 0. The second-order valence-electron chi connectivity index (χ2n) is 3.53. The van der Waals surface area contributed by atoms with Crippen LogP contribution in [-0.4, -0.2) is 23.1 Å². The fraction of sp³-hybridized carbons (Fsp3) is 1.00. The van der Waals surface area contributed by atoms with Crippen LogP contribution in [-0.2, 0) is 0 Å². The smallest absolute Gasteiger partial charge is 0.0146 e. The molecule has 1 spiro atoms. The summed E-state index contributed by atoms with van der Waals surface area (Å²) >= 11 is 2.01. The minimum atomic E-state index is 0.822. The van der Waals surface area contributed by atoms with Crippen LogP contribution in [0.5, 0.6) is 0 Å². The largest absolute Gasteiger partial charge is 0.250 e. The molecule has 0 amide bonds. The Morgan fingerprint density at radius 2 is 2.20 bits per heavy atom. The minimum Gasteiger partial charge on any atom is -0.250 e. The molecule has 0 bridgehead atoms. The van der Waals surface area contributed by atoms with Gasteiger partial charge in [0.1, 0.15) is 0 Å². The standard InChI is InChI=1S/C8H15NS/c1-2-10-9-6-5-8(7-9)3-4-8/h2-7H2,1H3. The van der Waals surface area contributed by atoms with Gasteiger partial charge >= 0.3 is 0 Å². The van der Waals surface area contributed by atoms with Crippen LogP contribution < -0.4 is 0 Å². The molecule has 2 aliphatic rings. The fourth-order valence-electron chi connectivity index (χ4n) is 1.77. The van der Waals surface area contributed by atoms with Crippen molar-refractivity contribution in [3.63, 3.8) is 0 Å². The molecule has 0 unspecified atom stereocenters. The molecule has 0 aromatic rings. The van der Waals surface area contributed by atoms with E-state index in [1.54, 1.807) is 0 Å². The maximum Gasteiger partial charge on any atom is 0.0146 e. The number of rotatable bonds is 2. The monoisotopic (exact) mass is 157 g/mol. The normalized spacial score (nSPS) is 29.7. The zero-order chi connectivity index (χ0) is 7.03. The van der Waals surface area contributed by atoms with E-state index in [1.807, 2.05) is 11.9 Å². The van der Waals surface area contributed by atoms with E-state index in [4.69, 9.17) is 0 Å². The van der Waals surface area contributed by atoms with Gasteiger partial charge in [0.2, 0.25) is 0 Å². The molecule has 2 heteroatoms. The average Bonchev–Trinajstić information content (AvgIpc) is 2.52.